The zero-order valence-electron chi connectivity index (χ0n) is 8.55. The Bertz CT molecular complexity index is 447. The number of carboxylic acids is 1. The van der Waals surface area contributed by atoms with Crippen LogP contribution in [0, 0.1) is 0 Å². The predicted octanol–water partition coefficient (Wildman–Crippen LogP) is 1.38. The van der Waals surface area contributed by atoms with E-state index in [1.54, 1.807) is 4.90 Å². The molecule has 84 valence electrons. The van der Waals surface area contributed by atoms with Gasteiger partial charge in [-0.2, -0.15) is 0 Å². The molecule has 5 heteroatoms. The Morgan fingerprint density at radius 3 is 2.56 bits per heavy atom. The maximum atomic E-state index is 11.8. The van der Waals surface area contributed by atoms with Gasteiger partial charge in [0.25, 0.3) is 5.91 Å². The molecule has 1 N–H and O–H groups in total. The highest BCUT2D eigenvalue weighted by Crippen LogP contribution is 2.12. The Balaban J connectivity index is 2.14. The SMILES string of the molecule is O=C(O)c1ccc(C(=O)N2CC=CCC2)o1. The third-order valence-electron chi connectivity index (χ3n) is 2.37. The minimum atomic E-state index is -1.17. The normalized spacial score (nSPS) is 15.1. The van der Waals surface area contributed by atoms with Gasteiger partial charge in [0.1, 0.15) is 0 Å². The molecule has 0 aliphatic carbocycles. The van der Waals surface area contributed by atoms with E-state index in [0.717, 1.165) is 6.42 Å². The molecule has 0 saturated carbocycles. The van der Waals surface area contributed by atoms with Crippen LogP contribution >= 0.6 is 0 Å². The Labute approximate surface area is 92.0 Å². The lowest BCUT2D eigenvalue weighted by atomic mass is 10.2. The molecule has 0 radical (unpaired) electrons. The highest BCUT2D eigenvalue weighted by molar-refractivity contribution is 5.93. The zero-order chi connectivity index (χ0) is 11.5. The van der Waals surface area contributed by atoms with Crippen LogP contribution < -0.4 is 0 Å². The lowest BCUT2D eigenvalue weighted by Crippen LogP contribution is -2.33. The van der Waals surface area contributed by atoms with Crippen molar-refractivity contribution >= 4 is 11.9 Å². The zero-order valence-corrected chi connectivity index (χ0v) is 8.55. The van der Waals surface area contributed by atoms with E-state index in [2.05, 4.69) is 0 Å². The summed E-state index contributed by atoms with van der Waals surface area (Å²) in [6.45, 7) is 1.18. The molecule has 1 aromatic heterocycles. The fourth-order valence-corrected chi connectivity index (χ4v) is 1.55. The average Bonchev–Trinajstić information content (AvgIpc) is 2.78. The van der Waals surface area contributed by atoms with Gasteiger partial charge in [0.15, 0.2) is 5.76 Å². The topological polar surface area (TPSA) is 70.8 Å². The first-order chi connectivity index (χ1) is 7.68. The van der Waals surface area contributed by atoms with E-state index >= 15 is 0 Å². The Hall–Kier alpha value is -2.04. The van der Waals surface area contributed by atoms with Gasteiger partial charge < -0.3 is 14.4 Å². The summed E-state index contributed by atoms with van der Waals surface area (Å²) in [7, 11) is 0. The van der Waals surface area contributed by atoms with Crippen LogP contribution in [-0.2, 0) is 0 Å². The average molecular weight is 221 g/mol. The number of furan rings is 1. The van der Waals surface area contributed by atoms with Crippen LogP contribution in [0.3, 0.4) is 0 Å². The molecule has 2 rings (SSSR count). The summed E-state index contributed by atoms with van der Waals surface area (Å²) in [5.41, 5.74) is 0. The lowest BCUT2D eigenvalue weighted by molar-refractivity contribution is 0.0651. The van der Waals surface area contributed by atoms with Gasteiger partial charge in [-0.15, -0.1) is 0 Å². The molecule has 0 unspecified atom stereocenters. The largest absolute Gasteiger partial charge is 0.475 e. The number of nitrogens with zero attached hydrogens (tertiary/aromatic N) is 1. The third-order valence-corrected chi connectivity index (χ3v) is 2.37. The minimum Gasteiger partial charge on any atom is -0.475 e. The van der Waals surface area contributed by atoms with Crippen LogP contribution in [0.5, 0.6) is 0 Å². The van der Waals surface area contributed by atoms with E-state index in [0.29, 0.717) is 13.1 Å². The van der Waals surface area contributed by atoms with Crippen LogP contribution in [-0.4, -0.2) is 35.0 Å². The molecule has 0 aromatic carbocycles. The Morgan fingerprint density at radius 1 is 1.25 bits per heavy atom. The van der Waals surface area contributed by atoms with E-state index in [1.807, 2.05) is 12.2 Å². The monoisotopic (exact) mass is 221 g/mol. The summed E-state index contributed by atoms with van der Waals surface area (Å²) in [6.07, 6.45) is 4.73. The summed E-state index contributed by atoms with van der Waals surface area (Å²) >= 11 is 0. The van der Waals surface area contributed by atoms with Crippen molar-refractivity contribution in [3.05, 3.63) is 35.8 Å². The van der Waals surface area contributed by atoms with Crippen LogP contribution in [0.1, 0.15) is 27.5 Å². The number of carbonyl (C=O) groups is 2. The van der Waals surface area contributed by atoms with E-state index in [-0.39, 0.29) is 17.4 Å². The standard InChI is InChI=1S/C11H11NO4/c13-10(12-6-2-1-3-7-12)8-4-5-9(16-8)11(14)15/h1-2,4-5H,3,6-7H2,(H,14,15). The van der Waals surface area contributed by atoms with E-state index in [9.17, 15) is 9.59 Å². The van der Waals surface area contributed by atoms with E-state index in [1.165, 1.54) is 12.1 Å². The second-order valence-electron chi connectivity index (χ2n) is 3.48. The Morgan fingerprint density at radius 2 is 2.00 bits per heavy atom. The number of hydrogen-bond donors (Lipinski definition) is 1. The van der Waals surface area contributed by atoms with Crippen molar-refractivity contribution in [2.75, 3.05) is 13.1 Å². The molecule has 1 aromatic rings. The maximum absolute atomic E-state index is 11.8. The highest BCUT2D eigenvalue weighted by atomic mass is 16.4. The van der Waals surface area contributed by atoms with Gasteiger partial charge in [-0.05, 0) is 18.6 Å². The summed E-state index contributed by atoms with van der Waals surface area (Å²) < 4.78 is 4.95. The van der Waals surface area contributed by atoms with E-state index < -0.39 is 5.97 Å². The van der Waals surface area contributed by atoms with Crippen LogP contribution in [0.2, 0.25) is 0 Å². The van der Waals surface area contributed by atoms with Crippen molar-refractivity contribution in [2.45, 2.75) is 6.42 Å². The van der Waals surface area contributed by atoms with Crippen molar-refractivity contribution < 1.29 is 19.1 Å². The molecule has 1 aliphatic rings. The molecular formula is C11H11NO4. The van der Waals surface area contributed by atoms with Crippen molar-refractivity contribution in [1.82, 2.24) is 4.90 Å². The van der Waals surface area contributed by atoms with Crippen LogP contribution in [0.15, 0.2) is 28.7 Å². The second-order valence-corrected chi connectivity index (χ2v) is 3.48. The highest BCUT2D eigenvalue weighted by Gasteiger charge is 2.20. The summed E-state index contributed by atoms with van der Waals surface area (Å²) in [4.78, 5) is 24.0. The van der Waals surface area contributed by atoms with Crippen LogP contribution in [0.4, 0.5) is 0 Å². The van der Waals surface area contributed by atoms with Crippen molar-refractivity contribution in [3.63, 3.8) is 0 Å². The molecule has 0 fully saturated rings. The number of carboxylic acid groups (broad SMARTS) is 1. The number of carbonyl (C=O) groups excluding carboxylic acids is 1. The lowest BCUT2D eigenvalue weighted by Gasteiger charge is -2.21. The van der Waals surface area contributed by atoms with Gasteiger partial charge in [0, 0.05) is 13.1 Å². The fraction of sp³-hybridized carbons (Fsp3) is 0.273. The smallest absolute Gasteiger partial charge is 0.371 e. The van der Waals surface area contributed by atoms with Gasteiger partial charge in [-0.3, -0.25) is 4.79 Å². The molecule has 0 spiro atoms. The second kappa shape index (κ2) is 4.22. The van der Waals surface area contributed by atoms with Crippen molar-refractivity contribution in [1.29, 1.82) is 0 Å². The molecule has 0 atom stereocenters. The third kappa shape index (κ3) is 1.98. The van der Waals surface area contributed by atoms with Gasteiger partial charge in [0.05, 0.1) is 0 Å². The van der Waals surface area contributed by atoms with Gasteiger partial charge in [0.2, 0.25) is 5.76 Å². The van der Waals surface area contributed by atoms with Crippen molar-refractivity contribution in [2.24, 2.45) is 0 Å². The van der Waals surface area contributed by atoms with Crippen LogP contribution in [0.25, 0.3) is 0 Å². The van der Waals surface area contributed by atoms with Gasteiger partial charge in [-0.1, -0.05) is 12.2 Å². The summed E-state index contributed by atoms with van der Waals surface area (Å²) in [6, 6.07) is 2.68. The number of aromatic carboxylic acids is 1. The molecule has 0 saturated heterocycles. The molecule has 1 amide bonds. The molecule has 16 heavy (non-hydrogen) atoms. The summed E-state index contributed by atoms with van der Waals surface area (Å²) in [5, 5.41) is 8.66. The van der Waals surface area contributed by atoms with Crippen molar-refractivity contribution in [3.8, 4) is 0 Å². The molecule has 1 aliphatic heterocycles. The Kier molecular flexibility index (Phi) is 2.76. The first-order valence-electron chi connectivity index (χ1n) is 4.96. The van der Waals surface area contributed by atoms with Gasteiger partial charge >= 0.3 is 5.97 Å². The first kappa shape index (κ1) is 10.5. The van der Waals surface area contributed by atoms with E-state index in [4.69, 9.17) is 9.52 Å². The molecule has 5 nitrogen and oxygen atoms in total. The quantitative estimate of drug-likeness (QED) is 0.766. The number of hydrogen-bond acceptors (Lipinski definition) is 3. The minimum absolute atomic E-state index is 0.0766. The molecule has 2 heterocycles. The predicted molar refractivity (Wildman–Crippen MR) is 55.3 cm³/mol. The number of rotatable bonds is 2. The fourth-order valence-electron chi connectivity index (χ4n) is 1.55. The first-order valence-corrected chi connectivity index (χ1v) is 4.96. The molecular weight excluding hydrogens is 210 g/mol. The number of amides is 1. The molecule has 0 bridgehead atoms. The van der Waals surface area contributed by atoms with Gasteiger partial charge in [-0.25, -0.2) is 4.79 Å². The summed E-state index contributed by atoms with van der Waals surface area (Å²) in [5.74, 6) is -1.57. The maximum Gasteiger partial charge on any atom is 0.371 e.